The van der Waals surface area contributed by atoms with Crippen LogP contribution in [0.2, 0.25) is 0 Å². The molecular weight excluding hydrogens is 206 g/mol. The quantitative estimate of drug-likeness (QED) is 0.642. The zero-order chi connectivity index (χ0) is 11.6. The van der Waals surface area contributed by atoms with Crippen molar-refractivity contribution in [1.82, 2.24) is 4.98 Å². The van der Waals surface area contributed by atoms with Gasteiger partial charge in [-0.25, -0.2) is 0 Å². The van der Waals surface area contributed by atoms with Crippen LogP contribution in [-0.2, 0) is 4.74 Å². The third kappa shape index (κ3) is 4.95. The summed E-state index contributed by atoms with van der Waals surface area (Å²) in [6, 6.07) is 5.63. The fourth-order valence-corrected chi connectivity index (χ4v) is 1.18. The van der Waals surface area contributed by atoms with Gasteiger partial charge in [-0.2, -0.15) is 4.98 Å². The maximum Gasteiger partial charge on any atom is 0.215 e. The van der Waals surface area contributed by atoms with Gasteiger partial charge >= 0.3 is 0 Å². The van der Waals surface area contributed by atoms with Crippen LogP contribution in [0.1, 0.15) is 6.92 Å². The molecule has 1 aromatic rings. The highest BCUT2D eigenvalue weighted by Crippen LogP contribution is 2.10. The lowest BCUT2D eigenvalue weighted by Gasteiger charge is -2.07. The van der Waals surface area contributed by atoms with E-state index < -0.39 is 0 Å². The summed E-state index contributed by atoms with van der Waals surface area (Å²) in [5, 5.41) is 3.15. The molecule has 5 nitrogen and oxygen atoms in total. The van der Waals surface area contributed by atoms with Gasteiger partial charge in [0, 0.05) is 19.2 Å². The van der Waals surface area contributed by atoms with Gasteiger partial charge in [0.05, 0.1) is 19.8 Å². The Morgan fingerprint density at radius 1 is 1.38 bits per heavy atom. The number of hydrogen-bond donors (Lipinski definition) is 2. The average Bonchev–Trinajstić information content (AvgIpc) is 2.30. The molecule has 0 amide bonds. The Kier molecular flexibility index (Phi) is 6.29. The monoisotopic (exact) mass is 225 g/mol. The Morgan fingerprint density at radius 3 is 3.00 bits per heavy atom. The van der Waals surface area contributed by atoms with Gasteiger partial charge in [0.2, 0.25) is 5.88 Å². The largest absolute Gasteiger partial charge is 0.478 e. The van der Waals surface area contributed by atoms with Crippen molar-refractivity contribution in [3.05, 3.63) is 18.2 Å². The second-order valence-corrected chi connectivity index (χ2v) is 3.12. The first-order chi connectivity index (χ1) is 7.86. The van der Waals surface area contributed by atoms with Crippen LogP contribution in [0.5, 0.6) is 5.88 Å². The number of aromatic nitrogens is 1. The SMILES string of the molecule is CCOc1cccc(NCCOCCN)n1. The van der Waals surface area contributed by atoms with Crippen LogP contribution in [0.25, 0.3) is 0 Å². The molecule has 0 aromatic carbocycles. The molecule has 0 aliphatic rings. The lowest BCUT2D eigenvalue weighted by atomic mass is 10.4. The molecule has 90 valence electrons. The Hall–Kier alpha value is -1.33. The van der Waals surface area contributed by atoms with E-state index in [0.717, 1.165) is 5.82 Å². The molecule has 5 heteroatoms. The molecule has 16 heavy (non-hydrogen) atoms. The fraction of sp³-hybridized carbons (Fsp3) is 0.545. The summed E-state index contributed by atoms with van der Waals surface area (Å²) in [7, 11) is 0. The highest BCUT2D eigenvalue weighted by atomic mass is 16.5. The summed E-state index contributed by atoms with van der Waals surface area (Å²) >= 11 is 0. The van der Waals surface area contributed by atoms with E-state index >= 15 is 0 Å². The molecule has 0 fully saturated rings. The van der Waals surface area contributed by atoms with Gasteiger partial charge in [-0.3, -0.25) is 0 Å². The van der Waals surface area contributed by atoms with Crippen LogP contribution < -0.4 is 15.8 Å². The van der Waals surface area contributed by atoms with Crippen LogP contribution >= 0.6 is 0 Å². The van der Waals surface area contributed by atoms with Gasteiger partial charge in [-0.1, -0.05) is 6.07 Å². The normalized spacial score (nSPS) is 10.1. The first-order valence-electron chi connectivity index (χ1n) is 5.48. The smallest absolute Gasteiger partial charge is 0.215 e. The van der Waals surface area contributed by atoms with Crippen molar-refractivity contribution in [3.63, 3.8) is 0 Å². The summed E-state index contributed by atoms with van der Waals surface area (Å²) in [5.74, 6) is 1.43. The minimum absolute atomic E-state index is 0.554. The first kappa shape index (κ1) is 12.7. The number of rotatable bonds is 8. The topological polar surface area (TPSA) is 69.4 Å². The van der Waals surface area contributed by atoms with Gasteiger partial charge < -0.3 is 20.5 Å². The Labute approximate surface area is 96.0 Å². The lowest BCUT2D eigenvalue weighted by molar-refractivity contribution is 0.151. The van der Waals surface area contributed by atoms with Crippen LogP contribution in [0, 0.1) is 0 Å². The van der Waals surface area contributed by atoms with Gasteiger partial charge in [0.1, 0.15) is 5.82 Å². The van der Waals surface area contributed by atoms with E-state index in [1.165, 1.54) is 0 Å². The molecule has 0 aliphatic heterocycles. The van der Waals surface area contributed by atoms with Gasteiger partial charge in [-0.15, -0.1) is 0 Å². The number of anilines is 1. The summed E-state index contributed by atoms with van der Waals surface area (Å²) in [6.07, 6.45) is 0. The number of nitrogens with one attached hydrogen (secondary N) is 1. The van der Waals surface area contributed by atoms with Crippen molar-refractivity contribution in [2.75, 3.05) is 38.2 Å². The minimum atomic E-state index is 0.554. The predicted octanol–water partition coefficient (Wildman–Crippen LogP) is 0.867. The van der Waals surface area contributed by atoms with Crippen LogP contribution in [-0.4, -0.2) is 37.9 Å². The Morgan fingerprint density at radius 2 is 2.25 bits per heavy atom. The third-order valence-corrected chi connectivity index (χ3v) is 1.83. The number of hydrogen-bond acceptors (Lipinski definition) is 5. The van der Waals surface area contributed by atoms with Gasteiger partial charge in [-0.05, 0) is 13.0 Å². The standard InChI is InChI=1S/C11H19N3O2/c1-2-16-11-5-3-4-10(14-11)13-7-9-15-8-6-12/h3-5H,2,6-9,12H2,1H3,(H,13,14). The molecule has 1 rings (SSSR count). The summed E-state index contributed by atoms with van der Waals surface area (Å²) < 4.78 is 10.5. The Bertz CT molecular complexity index is 294. The van der Waals surface area contributed by atoms with Crippen molar-refractivity contribution >= 4 is 5.82 Å². The molecule has 0 bridgehead atoms. The molecule has 0 spiro atoms. The van der Waals surface area contributed by atoms with E-state index in [1.54, 1.807) is 0 Å². The summed E-state index contributed by atoms with van der Waals surface area (Å²) in [4.78, 5) is 4.27. The summed E-state index contributed by atoms with van der Waals surface area (Å²) in [6.45, 7) is 5.03. The van der Waals surface area contributed by atoms with Gasteiger partial charge in [0.15, 0.2) is 0 Å². The fourth-order valence-electron chi connectivity index (χ4n) is 1.18. The molecule has 3 N–H and O–H groups in total. The number of ether oxygens (including phenoxy) is 2. The van der Waals surface area contributed by atoms with Crippen LogP contribution in [0.3, 0.4) is 0 Å². The molecule has 1 heterocycles. The molecule has 0 aliphatic carbocycles. The van der Waals surface area contributed by atoms with Crippen molar-refractivity contribution in [1.29, 1.82) is 0 Å². The molecule has 1 aromatic heterocycles. The zero-order valence-electron chi connectivity index (χ0n) is 9.61. The number of pyridine rings is 1. The maximum absolute atomic E-state index is 5.30. The lowest BCUT2D eigenvalue weighted by Crippen LogP contribution is -2.14. The number of nitrogens with zero attached hydrogens (tertiary/aromatic N) is 1. The third-order valence-electron chi connectivity index (χ3n) is 1.83. The van der Waals surface area contributed by atoms with E-state index in [-0.39, 0.29) is 0 Å². The van der Waals surface area contributed by atoms with Crippen molar-refractivity contribution in [3.8, 4) is 5.88 Å². The molecule has 0 atom stereocenters. The van der Waals surface area contributed by atoms with E-state index in [9.17, 15) is 0 Å². The first-order valence-corrected chi connectivity index (χ1v) is 5.48. The second-order valence-electron chi connectivity index (χ2n) is 3.12. The van der Waals surface area contributed by atoms with Crippen molar-refractivity contribution in [2.45, 2.75) is 6.92 Å². The van der Waals surface area contributed by atoms with E-state index in [0.29, 0.717) is 38.8 Å². The average molecular weight is 225 g/mol. The van der Waals surface area contributed by atoms with E-state index in [2.05, 4.69) is 10.3 Å². The van der Waals surface area contributed by atoms with Gasteiger partial charge in [0.25, 0.3) is 0 Å². The van der Waals surface area contributed by atoms with Crippen molar-refractivity contribution in [2.24, 2.45) is 5.73 Å². The predicted molar refractivity (Wildman–Crippen MR) is 63.8 cm³/mol. The highest BCUT2D eigenvalue weighted by molar-refractivity contribution is 5.36. The molecule has 0 unspecified atom stereocenters. The van der Waals surface area contributed by atoms with Crippen molar-refractivity contribution < 1.29 is 9.47 Å². The van der Waals surface area contributed by atoms with E-state index in [1.807, 2.05) is 25.1 Å². The van der Waals surface area contributed by atoms with Crippen LogP contribution in [0.4, 0.5) is 5.82 Å². The maximum atomic E-state index is 5.30. The molecule has 0 saturated heterocycles. The van der Waals surface area contributed by atoms with E-state index in [4.69, 9.17) is 15.2 Å². The second kappa shape index (κ2) is 7.90. The molecular formula is C11H19N3O2. The highest BCUT2D eigenvalue weighted by Gasteiger charge is 1.96. The molecule has 0 saturated carbocycles. The van der Waals surface area contributed by atoms with Crippen LogP contribution in [0.15, 0.2) is 18.2 Å². The zero-order valence-corrected chi connectivity index (χ0v) is 9.61. The molecule has 0 radical (unpaired) electrons. The minimum Gasteiger partial charge on any atom is -0.478 e. The number of nitrogens with two attached hydrogens (primary N) is 1. The summed E-state index contributed by atoms with van der Waals surface area (Å²) in [5.41, 5.74) is 5.30. The Balaban J connectivity index is 2.27.